The van der Waals surface area contributed by atoms with Crippen LogP contribution >= 0.6 is 0 Å². The Balaban J connectivity index is 1.43. The van der Waals surface area contributed by atoms with Crippen LogP contribution in [0.2, 0.25) is 0 Å². The largest absolute Gasteiger partial charge is 0.358 e. The Kier molecular flexibility index (Phi) is 6.45. The highest BCUT2D eigenvalue weighted by Crippen LogP contribution is 2.26. The Morgan fingerprint density at radius 3 is 2.31 bits per heavy atom. The zero-order valence-electron chi connectivity index (χ0n) is 17.0. The van der Waals surface area contributed by atoms with E-state index in [-0.39, 0.29) is 5.56 Å². The summed E-state index contributed by atoms with van der Waals surface area (Å²) >= 11 is 0. The summed E-state index contributed by atoms with van der Waals surface area (Å²) in [6.45, 7) is 2.71. The molecule has 0 N–H and O–H groups in total. The smallest absolute Gasteiger partial charge is 0.252 e. The number of hydrogen-bond acceptors (Lipinski definition) is 2. The molecule has 150 valence electrons. The Hall–Kier alpha value is -2.81. The molecule has 0 amide bonds. The minimum Gasteiger partial charge on any atom is -0.358 e. The summed E-state index contributed by atoms with van der Waals surface area (Å²) in [6, 6.07) is 26.7. The Morgan fingerprint density at radius 1 is 0.828 bits per heavy atom. The molecule has 3 nitrogen and oxygen atoms in total. The van der Waals surface area contributed by atoms with E-state index in [1.54, 1.807) is 6.07 Å². The van der Waals surface area contributed by atoms with E-state index in [1.807, 2.05) is 28.8 Å². The number of rotatable bonds is 7. The predicted molar refractivity (Wildman–Crippen MR) is 121 cm³/mol. The standard InChI is InChI=1S/C26H30N2O/c29-26-18-8-17-25(28(26)21-24-12-5-2-6-13-24)27-19-9-16-23(20-27)15-7-14-22-10-3-1-4-11-22/h1-6,8,10-13,17-18,23H,7,9,14-16,19-21H2. The topological polar surface area (TPSA) is 25.2 Å². The lowest BCUT2D eigenvalue weighted by Gasteiger charge is -2.35. The average Bonchev–Trinajstić information content (AvgIpc) is 2.77. The van der Waals surface area contributed by atoms with Crippen molar-refractivity contribution >= 4 is 5.82 Å². The number of hydrogen-bond donors (Lipinski definition) is 0. The van der Waals surface area contributed by atoms with Crippen LogP contribution in [-0.2, 0) is 13.0 Å². The van der Waals surface area contributed by atoms with E-state index >= 15 is 0 Å². The second-order valence-corrected chi connectivity index (χ2v) is 8.13. The van der Waals surface area contributed by atoms with E-state index < -0.39 is 0 Å². The van der Waals surface area contributed by atoms with Crippen LogP contribution in [0.4, 0.5) is 5.82 Å². The van der Waals surface area contributed by atoms with Gasteiger partial charge < -0.3 is 4.90 Å². The highest BCUT2D eigenvalue weighted by Gasteiger charge is 2.22. The van der Waals surface area contributed by atoms with Crippen molar-refractivity contribution in [2.45, 2.75) is 38.6 Å². The van der Waals surface area contributed by atoms with Crippen molar-refractivity contribution in [2.75, 3.05) is 18.0 Å². The first-order valence-corrected chi connectivity index (χ1v) is 10.8. The van der Waals surface area contributed by atoms with E-state index in [0.717, 1.165) is 25.3 Å². The zero-order chi connectivity index (χ0) is 19.9. The maximum atomic E-state index is 12.6. The van der Waals surface area contributed by atoms with Gasteiger partial charge in [-0.1, -0.05) is 66.7 Å². The Labute approximate surface area is 173 Å². The first-order valence-electron chi connectivity index (χ1n) is 10.8. The molecule has 0 aliphatic carbocycles. The number of piperidine rings is 1. The van der Waals surface area contributed by atoms with Crippen molar-refractivity contribution in [1.82, 2.24) is 4.57 Å². The summed E-state index contributed by atoms with van der Waals surface area (Å²) in [4.78, 5) is 15.1. The third kappa shape index (κ3) is 5.17. The van der Waals surface area contributed by atoms with Crippen LogP contribution < -0.4 is 10.5 Å². The lowest BCUT2D eigenvalue weighted by molar-refractivity contribution is 0.378. The van der Waals surface area contributed by atoms with Gasteiger partial charge in [-0.25, -0.2) is 0 Å². The van der Waals surface area contributed by atoms with Gasteiger partial charge in [0.2, 0.25) is 0 Å². The minimum absolute atomic E-state index is 0.0811. The summed E-state index contributed by atoms with van der Waals surface area (Å²) in [7, 11) is 0. The van der Waals surface area contributed by atoms with Gasteiger partial charge in [0.05, 0.1) is 6.54 Å². The molecule has 3 heteroatoms. The fraction of sp³-hybridized carbons (Fsp3) is 0.346. The molecule has 0 radical (unpaired) electrons. The Morgan fingerprint density at radius 2 is 1.55 bits per heavy atom. The van der Waals surface area contributed by atoms with Crippen LogP contribution in [0.3, 0.4) is 0 Å². The van der Waals surface area contributed by atoms with Crippen LogP contribution in [0, 0.1) is 5.92 Å². The van der Waals surface area contributed by atoms with Gasteiger partial charge >= 0.3 is 0 Å². The van der Waals surface area contributed by atoms with Gasteiger partial charge in [0.15, 0.2) is 0 Å². The second kappa shape index (κ2) is 9.60. The molecule has 3 aromatic rings. The average molecular weight is 387 g/mol. The third-order valence-corrected chi connectivity index (χ3v) is 5.97. The molecule has 0 spiro atoms. The van der Waals surface area contributed by atoms with Crippen LogP contribution in [0.5, 0.6) is 0 Å². The minimum atomic E-state index is 0.0811. The van der Waals surface area contributed by atoms with Gasteiger partial charge in [0.1, 0.15) is 5.82 Å². The maximum Gasteiger partial charge on any atom is 0.252 e. The van der Waals surface area contributed by atoms with Crippen molar-refractivity contribution in [3.05, 3.63) is 100 Å². The third-order valence-electron chi connectivity index (χ3n) is 5.97. The highest BCUT2D eigenvalue weighted by molar-refractivity contribution is 5.41. The SMILES string of the molecule is O=c1cccc(N2CCCC(CCCc3ccccc3)C2)n1Cc1ccccc1. The van der Waals surface area contributed by atoms with Crippen molar-refractivity contribution in [2.24, 2.45) is 5.92 Å². The van der Waals surface area contributed by atoms with Crippen molar-refractivity contribution in [3.63, 3.8) is 0 Å². The molecule has 29 heavy (non-hydrogen) atoms. The van der Waals surface area contributed by atoms with E-state index in [9.17, 15) is 4.79 Å². The number of pyridine rings is 1. The molecule has 2 heterocycles. The quantitative estimate of drug-likeness (QED) is 0.562. The monoisotopic (exact) mass is 386 g/mol. The number of aromatic nitrogens is 1. The van der Waals surface area contributed by atoms with Gasteiger partial charge in [-0.05, 0) is 55.2 Å². The van der Waals surface area contributed by atoms with E-state index in [0.29, 0.717) is 12.5 Å². The van der Waals surface area contributed by atoms with Crippen LogP contribution in [0.1, 0.15) is 36.8 Å². The van der Waals surface area contributed by atoms with Crippen LogP contribution in [0.15, 0.2) is 83.7 Å². The first kappa shape index (κ1) is 19.5. The van der Waals surface area contributed by atoms with Gasteiger partial charge in [-0.3, -0.25) is 9.36 Å². The van der Waals surface area contributed by atoms with Gasteiger partial charge in [-0.2, -0.15) is 0 Å². The van der Waals surface area contributed by atoms with Crippen molar-refractivity contribution in [3.8, 4) is 0 Å². The fourth-order valence-electron chi connectivity index (χ4n) is 4.46. The number of nitrogens with zero attached hydrogens (tertiary/aromatic N) is 2. The maximum absolute atomic E-state index is 12.6. The highest BCUT2D eigenvalue weighted by atomic mass is 16.1. The van der Waals surface area contributed by atoms with Crippen molar-refractivity contribution < 1.29 is 0 Å². The summed E-state index contributed by atoms with van der Waals surface area (Å²) in [6.07, 6.45) is 6.13. The van der Waals surface area contributed by atoms with Gasteiger partial charge in [-0.15, -0.1) is 0 Å². The van der Waals surface area contributed by atoms with E-state index in [4.69, 9.17) is 0 Å². The van der Waals surface area contributed by atoms with Crippen LogP contribution in [-0.4, -0.2) is 17.7 Å². The predicted octanol–water partition coefficient (Wildman–Crippen LogP) is 5.14. The molecule has 0 saturated carbocycles. The molecule has 1 aliphatic rings. The molecule has 0 bridgehead atoms. The van der Waals surface area contributed by atoms with E-state index in [2.05, 4.69) is 53.4 Å². The van der Waals surface area contributed by atoms with Gasteiger partial charge in [0.25, 0.3) is 5.56 Å². The van der Waals surface area contributed by atoms with Crippen molar-refractivity contribution in [1.29, 1.82) is 0 Å². The molecule has 1 aromatic heterocycles. The summed E-state index contributed by atoms with van der Waals surface area (Å²) in [5.74, 6) is 1.77. The van der Waals surface area contributed by atoms with Gasteiger partial charge in [0, 0.05) is 19.2 Å². The molecule has 2 aromatic carbocycles. The lowest BCUT2D eigenvalue weighted by Crippen LogP contribution is -2.39. The molecule has 1 saturated heterocycles. The Bertz CT molecular complexity index is 949. The molecular weight excluding hydrogens is 356 g/mol. The summed E-state index contributed by atoms with van der Waals surface area (Å²) < 4.78 is 1.93. The second-order valence-electron chi connectivity index (χ2n) is 8.13. The first-order chi connectivity index (χ1) is 14.3. The number of benzene rings is 2. The molecule has 4 rings (SSSR count). The summed E-state index contributed by atoms with van der Waals surface area (Å²) in [5.41, 5.74) is 2.68. The molecule has 1 atom stereocenters. The molecule has 1 unspecified atom stereocenters. The lowest BCUT2D eigenvalue weighted by atomic mass is 9.92. The zero-order valence-corrected chi connectivity index (χ0v) is 17.0. The number of anilines is 1. The van der Waals surface area contributed by atoms with Crippen LogP contribution in [0.25, 0.3) is 0 Å². The summed E-state index contributed by atoms with van der Waals surface area (Å²) in [5, 5.41) is 0. The number of aryl methyl sites for hydroxylation is 1. The molecular formula is C26H30N2O. The fourth-order valence-corrected chi connectivity index (χ4v) is 4.46. The molecule has 1 fully saturated rings. The normalized spacial score (nSPS) is 16.7. The molecule has 1 aliphatic heterocycles. The van der Waals surface area contributed by atoms with E-state index in [1.165, 1.54) is 36.8 Å².